The number of sulfonamides is 1. The Bertz CT molecular complexity index is 999. The van der Waals surface area contributed by atoms with E-state index in [1.54, 1.807) is 10.4 Å². The molecule has 0 spiro atoms. The van der Waals surface area contributed by atoms with Crippen molar-refractivity contribution < 1.29 is 13.2 Å². The van der Waals surface area contributed by atoms with E-state index in [2.05, 4.69) is 35.3 Å². The number of rotatable bonds is 8. The molecule has 0 saturated carbocycles. The van der Waals surface area contributed by atoms with Crippen LogP contribution >= 0.6 is 0 Å². The van der Waals surface area contributed by atoms with Crippen molar-refractivity contribution in [1.29, 1.82) is 0 Å². The van der Waals surface area contributed by atoms with E-state index in [0.29, 0.717) is 44.7 Å². The maximum atomic E-state index is 12.7. The van der Waals surface area contributed by atoms with E-state index in [4.69, 9.17) is 0 Å². The first-order valence-electron chi connectivity index (χ1n) is 10.6. The van der Waals surface area contributed by atoms with Crippen molar-refractivity contribution in [2.45, 2.75) is 13.3 Å². The Morgan fingerprint density at radius 2 is 1.74 bits per heavy atom. The highest BCUT2D eigenvalue weighted by molar-refractivity contribution is 7.89. The van der Waals surface area contributed by atoms with Gasteiger partial charge in [0.05, 0.1) is 5.75 Å². The lowest BCUT2D eigenvalue weighted by Crippen LogP contribution is -2.49. The van der Waals surface area contributed by atoms with Gasteiger partial charge in [-0.3, -0.25) is 4.79 Å². The number of carbonyl (C=O) groups is 1. The standard InChI is InChI=1S/C23H32N4O3S/c1-19-7-4-10-22(17-19)26-12-14-27(15-13-26)31(29,30)16-6-11-24-23(28)20-8-5-9-21(18-20)25(2)3/h4-5,7-10,17-18H,6,11-16H2,1-3H3,(H,24,28). The molecular formula is C23H32N4O3S. The second kappa shape index (κ2) is 10.2. The van der Waals surface area contributed by atoms with Crippen LogP contribution < -0.4 is 15.1 Å². The molecule has 8 heteroatoms. The van der Waals surface area contributed by atoms with Crippen LogP contribution in [0.4, 0.5) is 11.4 Å². The Labute approximate surface area is 185 Å². The quantitative estimate of drug-likeness (QED) is 0.633. The number of aryl methyl sites for hydroxylation is 1. The molecule has 0 radical (unpaired) electrons. The average molecular weight is 445 g/mol. The van der Waals surface area contributed by atoms with Gasteiger partial charge in [0.2, 0.25) is 10.0 Å². The smallest absolute Gasteiger partial charge is 0.251 e. The third-order valence-electron chi connectivity index (χ3n) is 5.49. The highest BCUT2D eigenvalue weighted by Gasteiger charge is 2.26. The minimum Gasteiger partial charge on any atom is -0.378 e. The molecule has 1 aliphatic rings. The topological polar surface area (TPSA) is 73.0 Å². The van der Waals surface area contributed by atoms with Gasteiger partial charge in [-0.2, -0.15) is 4.31 Å². The van der Waals surface area contributed by atoms with Crippen LogP contribution in [0, 0.1) is 6.92 Å². The molecule has 0 aromatic heterocycles. The van der Waals surface area contributed by atoms with Crippen LogP contribution in [0.5, 0.6) is 0 Å². The van der Waals surface area contributed by atoms with Gasteiger partial charge in [-0.25, -0.2) is 8.42 Å². The molecular weight excluding hydrogens is 412 g/mol. The molecule has 1 heterocycles. The zero-order valence-electron chi connectivity index (χ0n) is 18.5. The van der Waals surface area contributed by atoms with E-state index >= 15 is 0 Å². The first-order valence-corrected chi connectivity index (χ1v) is 12.2. The summed E-state index contributed by atoms with van der Waals surface area (Å²) in [5, 5.41) is 2.83. The van der Waals surface area contributed by atoms with Gasteiger partial charge in [0.15, 0.2) is 0 Å². The fourth-order valence-corrected chi connectivity index (χ4v) is 5.15. The average Bonchev–Trinajstić information content (AvgIpc) is 2.77. The van der Waals surface area contributed by atoms with Gasteiger partial charge in [-0.15, -0.1) is 0 Å². The lowest BCUT2D eigenvalue weighted by atomic mass is 10.2. The van der Waals surface area contributed by atoms with Crippen LogP contribution in [0.3, 0.4) is 0 Å². The van der Waals surface area contributed by atoms with E-state index in [-0.39, 0.29) is 11.7 Å². The molecule has 1 saturated heterocycles. The Morgan fingerprint density at radius 1 is 1.03 bits per heavy atom. The Balaban J connectivity index is 1.44. The number of hydrogen-bond donors (Lipinski definition) is 1. The third kappa shape index (κ3) is 6.21. The number of carbonyl (C=O) groups excluding carboxylic acids is 1. The molecule has 1 fully saturated rings. The largest absolute Gasteiger partial charge is 0.378 e. The molecule has 1 aliphatic heterocycles. The fourth-order valence-electron chi connectivity index (χ4n) is 3.66. The van der Waals surface area contributed by atoms with Crippen molar-refractivity contribution in [2.75, 3.05) is 62.4 Å². The monoisotopic (exact) mass is 444 g/mol. The van der Waals surface area contributed by atoms with Gasteiger partial charge in [0, 0.05) is 63.8 Å². The van der Waals surface area contributed by atoms with Crippen LogP contribution in [0.2, 0.25) is 0 Å². The van der Waals surface area contributed by atoms with Crippen molar-refractivity contribution >= 4 is 27.3 Å². The van der Waals surface area contributed by atoms with Gasteiger partial charge in [-0.05, 0) is 49.2 Å². The summed E-state index contributed by atoms with van der Waals surface area (Å²) in [4.78, 5) is 16.5. The SMILES string of the molecule is Cc1cccc(N2CCN(S(=O)(=O)CCCNC(=O)c3cccc(N(C)C)c3)CC2)c1. The second-order valence-corrected chi connectivity index (χ2v) is 10.2. The maximum Gasteiger partial charge on any atom is 0.251 e. The number of piperazine rings is 1. The lowest BCUT2D eigenvalue weighted by molar-refractivity contribution is 0.0953. The van der Waals surface area contributed by atoms with Crippen LogP contribution in [-0.2, 0) is 10.0 Å². The molecule has 168 valence electrons. The van der Waals surface area contributed by atoms with Crippen molar-refractivity contribution in [2.24, 2.45) is 0 Å². The van der Waals surface area contributed by atoms with Gasteiger partial charge in [0.25, 0.3) is 5.91 Å². The van der Waals surface area contributed by atoms with Crippen molar-refractivity contribution in [3.8, 4) is 0 Å². The summed E-state index contributed by atoms with van der Waals surface area (Å²) in [6, 6.07) is 15.6. The van der Waals surface area contributed by atoms with Crippen molar-refractivity contribution in [3.63, 3.8) is 0 Å². The lowest BCUT2D eigenvalue weighted by Gasteiger charge is -2.35. The number of anilines is 2. The summed E-state index contributed by atoms with van der Waals surface area (Å²) in [7, 11) is 0.510. The second-order valence-electron chi connectivity index (χ2n) is 8.10. The summed E-state index contributed by atoms with van der Waals surface area (Å²) in [5.74, 6) is -0.150. The molecule has 0 atom stereocenters. The molecule has 0 bridgehead atoms. The Morgan fingerprint density at radius 3 is 2.42 bits per heavy atom. The Hall–Kier alpha value is -2.58. The number of hydrogen-bond acceptors (Lipinski definition) is 5. The first-order chi connectivity index (χ1) is 14.8. The van der Waals surface area contributed by atoms with Crippen molar-refractivity contribution in [1.82, 2.24) is 9.62 Å². The van der Waals surface area contributed by atoms with E-state index in [1.165, 1.54) is 5.56 Å². The third-order valence-corrected chi connectivity index (χ3v) is 7.44. The van der Waals surface area contributed by atoms with E-state index in [0.717, 1.165) is 11.4 Å². The van der Waals surface area contributed by atoms with E-state index in [9.17, 15) is 13.2 Å². The molecule has 2 aromatic rings. The van der Waals surface area contributed by atoms with Gasteiger partial charge < -0.3 is 15.1 Å². The number of nitrogens with zero attached hydrogens (tertiary/aromatic N) is 3. The molecule has 1 amide bonds. The Kier molecular flexibility index (Phi) is 7.56. The molecule has 1 N–H and O–H groups in total. The summed E-state index contributed by atoms with van der Waals surface area (Å²) in [6.07, 6.45) is 0.388. The van der Waals surface area contributed by atoms with Gasteiger partial charge in [-0.1, -0.05) is 18.2 Å². The minimum absolute atomic E-state index is 0.0372. The summed E-state index contributed by atoms with van der Waals surface area (Å²) >= 11 is 0. The zero-order valence-corrected chi connectivity index (χ0v) is 19.4. The number of nitrogens with one attached hydrogen (secondary N) is 1. The highest BCUT2D eigenvalue weighted by atomic mass is 32.2. The van der Waals surface area contributed by atoms with Crippen LogP contribution in [0.25, 0.3) is 0 Å². The van der Waals surface area contributed by atoms with Crippen LogP contribution in [0.15, 0.2) is 48.5 Å². The molecule has 2 aromatic carbocycles. The van der Waals surface area contributed by atoms with E-state index < -0.39 is 10.0 Å². The predicted octanol–water partition coefficient (Wildman–Crippen LogP) is 2.33. The van der Waals surface area contributed by atoms with Gasteiger partial charge >= 0.3 is 0 Å². The van der Waals surface area contributed by atoms with Gasteiger partial charge in [0.1, 0.15) is 0 Å². The predicted molar refractivity (Wildman–Crippen MR) is 126 cm³/mol. The number of amides is 1. The summed E-state index contributed by atoms with van der Waals surface area (Å²) < 4.78 is 27.0. The normalized spacial score (nSPS) is 15.0. The molecule has 7 nitrogen and oxygen atoms in total. The van der Waals surface area contributed by atoms with Crippen LogP contribution in [-0.4, -0.2) is 71.2 Å². The van der Waals surface area contributed by atoms with E-state index in [1.807, 2.05) is 43.3 Å². The maximum absolute atomic E-state index is 12.7. The van der Waals surface area contributed by atoms with Crippen molar-refractivity contribution in [3.05, 3.63) is 59.7 Å². The summed E-state index contributed by atoms with van der Waals surface area (Å²) in [5.41, 5.74) is 3.85. The fraction of sp³-hybridized carbons (Fsp3) is 0.435. The first kappa shape index (κ1) is 23.1. The summed E-state index contributed by atoms with van der Waals surface area (Å²) in [6.45, 7) is 4.72. The number of benzene rings is 2. The zero-order chi connectivity index (χ0) is 22.4. The molecule has 31 heavy (non-hydrogen) atoms. The highest BCUT2D eigenvalue weighted by Crippen LogP contribution is 2.19. The molecule has 3 rings (SSSR count). The molecule has 0 unspecified atom stereocenters. The molecule has 0 aliphatic carbocycles. The van der Waals surface area contributed by atoms with Crippen LogP contribution in [0.1, 0.15) is 22.3 Å². The minimum atomic E-state index is -3.33.